The van der Waals surface area contributed by atoms with Gasteiger partial charge < -0.3 is 10.6 Å². The number of aryl methyl sites for hydroxylation is 1. The number of benzene rings is 2. The van der Waals surface area contributed by atoms with Gasteiger partial charge in [0.25, 0.3) is 0 Å². The van der Waals surface area contributed by atoms with E-state index in [1.807, 2.05) is 19.1 Å². The zero-order valence-corrected chi connectivity index (χ0v) is 12.8. The highest BCUT2D eigenvalue weighted by molar-refractivity contribution is 9.10. The second kappa shape index (κ2) is 6.67. The van der Waals surface area contributed by atoms with E-state index in [4.69, 9.17) is 0 Å². The van der Waals surface area contributed by atoms with Crippen LogP contribution in [0.2, 0.25) is 0 Å². The van der Waals surface area contributed by atoms with Crippen molar-refractivity contribution in [1.29, 1.82) is 0 Å². The van der Waals surface area contributed by atoms with E-state index in [1.165, 1.54) is 0 Å². The Morgan fingerprint density at radius 3 is 2.43 bits per heavy atom. The molecule has 0 saturated heterocycles. The average Bonchev–Trinajstić information content (AvgIpc) is 2.40. The summed E-state index contributed by atoms with van der Waals surface area (Å²) in [5, 5.41) is 5.14. The van der Waals surface area contributed by atoms with Gasteiger partial charge in [-0.2, -0.15) is 0 Å². The third-order valence-corrected chi connectivity index (χ3v) is 3.31. The van der Waals surface area contributed by atoms with E-state index in [9.17, 15) is 13.6 Å². The molecule has 0 spiro atoms. The van der Waals surface area contributed by atoms with E-state index in [-0.39, 0.29) is 18.1 Å². The first-order chi connectivity index (χ1) is 9.97. The van der Waals surface area contributed by atoms with Crippen LogP contribution in [0.15, 0.2) is 40.9 Å². The molecule has 0 aliphatic heterocycles. The number of nitrogens with one attached hydrogen (secondary N) is 2. The highest BCUT2D eigenvalue weighted by Crippen LogP contribution is 2.23. The molecule has 0 aliphatic carbocycles. The van der Waals surface area contributed by atoms with Gasteiger partial charge >= 0.3 is 0 Å². The minimum absolute atomic E-state index is 0.232. The lowest BCUT2D eigenvalue weighted by Crippen LogP contribution is -2.23. The fourth-order valence-electron chi connectivity index (χ4n) is 1.79. The summed E-state index contributed by atoms with van der Waals surface area (Å²) in [6.07, 6.45) is 0. The van der Waals surface area contributed by atoms with Gasteiger partial charge in [-0.3, -0.25) is 4.79 Å². The van der Waals surface area contributed by atoms with Crippen LogP contribution in [-0.2, 0) is 4.79 Å². The summed E-state index contributed by atoms with van der Waals surface area (Å²) in [5.41, 5.74) is 1.26. The molecule has 0 heterocycles. The summed E-state index contributed by atoms with van der Waals surface area (Å²) in [6.45, 7) is 1.63. The van der Waals surface area contributed by atoms with Crippen molar-refractivity contribution in [2.75, 3.05) is 17.2 Å². The number of hydrogen-bond acceptors (Lipinski definition) is 2. The molecule has 0 saturated carbocycles. The van der Waals surface area contributed by atoms with Crippen molar-refractivity contribution in [2.24, 2.45) is 0 Å². The Kier molecular flexibility index (Phi) is 4.90. The number of carbonyl (C=O) groups excluding carboxylic acids is 1. The van der Waals surface area contributed by atoms with Crippen LogP contribution in [0, 0.1) is 18.6 Å². The Morgan fingerprint density at radius 2 is 1.81 bits per heavy atom. The van der Waals surface area contributed by atoms with E-state index in [0.717, 1.165) is 17.7 Å². The van der Waals surface area contributed by atoms with Crippen molar-refractivity contribution in [3.63, 3.8) is 0 Å². The zero-order valence-electron chi connectivity index (χ0n) is 11.2. The van der Waals surface area contributed by atoms with Gasteiger partial charge in [0.15, 0.2) is 0 Å². The zero-order chi connectivity index (χ0) is 15.4. The first-order valence-corrected chi connectivity index (χ1v) is 7.00. The summed E-state index contributed by atoms with van der Waals surface area (Å²) in [7, 11) is 0. The Labute approximate surface area is 129 Å². The first-order valence-electron chi connectivity index (χ1n) is 6.21. The maximum Gasteiger partial charge on any atom is 0.243 e. The first kappa shape index (κ1) is 15.4. The normalized spacial score (nSPS) is 10.3. The highest BCUT2D eigenvalue weighted by Gasteiger charge is 2.12. The summed E-state index contributed by atoms with van der Waals surface area (Å²) in [4.78, 5) is 11.8. The van der Waals surface area contributed by atoms with Crippen LogP contribution in [0.4, 0.5) is 20.2 Å². The fourth-order valence-corrected chi connectivity index (χ4v) is 2.19. The van der Waals surface area contributed by atoms with E-state index >= 15 is 0 Å². The van der Waals surface area contributed by atoms with Gasteiger partial charge in [-0.1, -0.05) is 34.1 Å². The molecule has 6 heteroatoms. The summed E-state index contributed by atoms with van der Waals surface area (Å²) in [6, 6.07) is 9.53. The van der Waals surface area contributed by atoms with Gasteiger partial charge in [0, 0.05) is 10.2 Å². The molecule has 0 atom stereocenters. The van der Waals surface area contributed by atoms with Gasteiger partial charge in [-0.15, -0.1) is 0 Å². The molecule has 1 amide bonds. The number of anilines is 2. The topological polar surface area (TPSA) is 41.1 Å². The molecule has 2 aromatic rings. The van der Waals surface area contributed by atoms with Crippen molar-refractivity contribution in [3.05, 3.63) is 58.1 Å². The largest absolute Gasteiger partial charge is 0.371 e. The van der Waals surface area contributed by atoms with Crippen LogP contribution < -0.4 is 10.6 Å². The van der Waals surface area contributed by atoms with E-state index < -0.39 is 11.6 Å². The SMILES string of the molecule is Cc1ccccc1NC(=O)CNc1c(F)cc(Br)cc1F. The number of amides is 1. The van der Waals surface area contributed by atoms with Crippen LogP contribution in [-0.4, -0.2) is 12.5 Å². The van der Waals surface area contributed by atoms with Crippen LogP contribution in [0.3, 0.4) is 0 Å². The predicted octanol–water partition coefficient (Wildman–Crippen LogP) is 4.09. The molecule has 2 N–H and O–H groups in total. The quantitative estimate of drug-likeness (QED) is 0.868. The average molecular weight is 355 g/mol. The number of rotatable bonds is 4. The molecule has 0 radical (unpaired) electrons. The maximum absolute atomic E-state index is 13.6. The van der Waals surface area contributed by atoms with Gasteiger partial charge in [0.2, 0.25) is 5.91 Å². The molecular weight excluding hydrogens is 342 g/mol. The number of halogens is 3. The second-order valence-corrected chi connectivity index (χ2v) is 5.38. The molecule has 0 aromatic heterocycles. The smallest absolute Gasteiger partial charge is 0.243 e. The Bertz CT molecular complexity index is 653. The molecule has 3 nitrogen and oxygen atoms in total. The molecule has 110 valence electrons. The van der Waals surface area contributed by atoms with E-state index in [1.54, 1.807) is 12.1 Å². The molecule has 2 aromatic carbocycles. The summed E-state index contributed by atoms with van der Waals surface area (Å²) in [5.74, 6) is -1.90. The number of carbonyl (C=O) groups is 1. The third-order valence-electron chi connectivity index (χ3n) is 2.85. The van der Waals surface area contributed by atoms with Crippen molar-refractivity contribution >= 4 is 33.2 Å². The standard InChI is InChI=1S/C15H13BrF2N2O/c1-9-4-2-3-5-13(9)20-14(21)8-19-15-11(17)6-10(16)7-12(15)18/h2-7,19H,8H2,1H3,(H,20,21). The molecule has 0 bridgehead atoms. The van der Waals surface area contributed by atoms with Gasteiger partial charge in [0.05, 0.1) is 6.54 Å². The Morgan fingerprint density at radius 1 is 1.19 bits per heavy atom. The number of hydrogen-bond donors (Lipinski definition) is 2. The minimum atomic E-state index is -0.759. The molecule has 21 heavy (non-hydrogen) atoms. The number of para-hydroxylation sites is 1. The highest BCUT2D eigenvalue weighted by atomic mass is 79.9. The monoisotopic (exact) mass is 354 g/mol. The Balaban J connectivity index is 2.01. The molecule has 0 unspecified atom stereocenters. The maximum atomic E-state index is 13.6. The summed E-state index contributed by atoms with van der Waals surface area (Å²) < 4.78 is 27.5. The fraction of sp³-hybridized carbons (Fsp3) is 0.133. The third kappa shape index (κ3) is 4.01. The van der Waals surface area contributed by atoms with Gasteiger partial charge in [0.1, 0.15) is 17.3 Å². The predicted molar refractivity (Wildman–Crippen MR) is 82.4 cm³/mol. The van der Waals surface area contributed by atoms with E-state index in [2.05, 4.69) is 26.6 Å². The Hall–Kier alpha value is -1.95. The van der Waals surface area contributed by atoms with Crippen LogP contribution in [0.1, 0.15) is 5.56 Å². The van der Waals surface area contributed by atoms with Crippen LogP contribution in [0.25, 0.3) is 0 Å². The van der Waals surface area contributed by atoms with Gasteiger partial charge in [-0.25, -0.2) is 8.78 Å². The molecular formula is C15H13BrF2N2O. The van der Waals surface area contributed by atoms with Crippen LogP contribution in [0.5, 0.6) is 0 Å². The molecule has 2 rings (SSSR count). The van der Waals surface area contributed by atoms with Crippen molar-refractivity contribution in [3.8, 4) is 0 Å². The second-order valence-electron chi connectivity index (χ2n) is 4.46. The van der Waals surface area contributed by atoms with Gasteiger partial charge in [-0.05, 0) is 30.7 Å². The lowest BCUT2D eigenvalue weighted by atomic mass is 10.2. The minimum Gasteiger partial charge on any atom is -0.371 e. The summed E-state index contributed by atoms with van der Waals surface area (Å²) >= 11 is 2.99. The van der Waals surface area contributed by atoms with Crippen molar-refractivity contribution < 1.29 is 13.6 Å². The van der Waals surface area contributed by atoms with E-state index in [0.29, 0.717) is 10.2 Å². The molecule has 0 aliphatic rings. The molecule has 0 fully saturated rings. The van der Waals surface area contributed by atoms with Crippen molar-refractivity contribution in [1.82, 2.24) is 0 Å². The lowest BCUT2D eigenvalue weighted by molar-refractivity contribution is -0.114. The lowest BCUT2D eigenvalue weighted by Gasteiger charge is -2.11. The van der Waals surface area contributed by atoms with Crippen molar-refractivity contribution in [2.45, 2.75) is 6.92 Å². The van der Waals surface area contributed by atoms with Crippen LogP contribution >= 0.6 is 15.9 Å².